The molecular weight excluding hydrogens is 412 g/mol. The number of fused-ring (bicyclic) bond motifs is 1. The topological polar surface area (TPSA) is 70.3 Å². The minimum atomic E-state index is -0.251. The van der Waals surface area contributed by atoms with Crippen molar-refractivity contribution in [1.29, 1.82) is 0 Å². The maximum atomic E-state index is 12.9. The lowest BCUT2D eigenvalue weighted by Gasteiger charge is -2.14. The normalized spacial score (nSPS) is 11.0. The fourth-order valence-corrected chi connectivity index (χ4v) is 3.49. The Morgan fingerprint density at radius 2 is 1.70 bits per heavy atom. The molecule has 6 nitrogen and oxygen atoms in total. The van der Waals surface area contributed by atoms with Crippen molar-refractivity contribution < 1.29 is 9.53 Å². The van der Waals surface area contributed by atoms with Gasteiger partial charge in [0.15, 0.2) is 0 Å². The van der Waals surface area contributed by atoms with Gasteiger partial charge in [-0.2, -0.15) is 0 Å². The van der Waals surface area contributed by atoms with Gasteiger partial charge in [0.1, 0.15) is 0 Å². The quantitative estimate of drug-likeness (QED) is 0.306. The van der Waals surface area contributed by atoms with Gasteiger partial charge in [0, 0.05) is 24.8 Å². The first kappa shape index (κ1) is 21.4. The molecule has 0 saturated carbocycles. The summed E-state index contributed by atoms with van der Waals surface area (Å²) in [6.07, 6.45) is 4.34. The van der Waals surface area contributed by atoms with Crippen LogP contribution in [0.1, 0.15) is 45.4 Å². The van der Waals surface area contributed by atoms with E-state index in [1.807, 2.05) is 18.2 Å². The molecule has 0 saturated heterocycles. The second-order valence-electron chi connectivity index (χ2n) is 6.42. The Balaban J connectivity index is 2.15. The molecule has 0 atom stereocenters. The van der Waals surface area contributed by atoms with Crippen LogP contribution >= 0.6 is 15.9 Å². The molecule has 0 aliphatic rings. The summed E-state index contributed by atoms with van der Waals surface area (Å²) in [5, 5.41) is 1.46. The number of aromatic nitrogens is 2. The number of hydrogen-bond acceptors (Lipinski definition) is 4. The smallest absolute Gasteiger partial charge is 0.331 e. The molecule has 0 N–H and O–H groups in total. The first-order valence-corrected chi connectivity index (χ1v) is 10.7. The summed E-state index contributed by atoms with van der Waals surface area (Å²) in [6.45, 7) is 3.13. The van der Waals surface area contributed by atoms with Gasteiger partial charge in [-0.05, 0) is 44.7 Å². The summed E-state index contributed by atoms with van der Waals surface area (Å²) in [5.41, 5.74) is 0.206. The third-order valence-electron chi connectivity index (χ3n) is 4.47. The third-order valence-corrected chi connectivity index (χ3v) is 5.03. The van der Waals surface area contributed by atoms with Gasteiger partial charge >= 0.3 is 11.7 Å². The average Bonchev–Trinajstić information content (AvgIpc) is 2.67. The Hall–Kier alpha value is -1.89. The second kappa shape index (κ2) is 11.1. The first-order chi connectivity index (χ1) is 13.1. The number of carbonyl (C=O) groups excluding carboxylic acids is 1. The number of ether oxygens (including phenoxy) is 1. The number of nitrogens with zero attached hydrogens (tertiary/aromatic N) is 2. The first-order valence-electron chi connectivity index (χ1n) is 9.54. The highest BCUT2D eigenvalue weighted by molar-refractivity contribution is 9.09. The van der Waals surface area contributed by atoms with E-state index in [1.165, 1.54) is 4.57 Å². The van der Waals surface area contributed by atoms with E-state index < -0.39 is 0 Å². The zero-order chi connectivity index (χ0) is 19.6. The summed E-state index contributed by atoms with van der Waals surface area (Å²) in [5.74, 6) is -0.200. The maximum Gasteiger partial charge on any atom is 0.331 e. The molecule has 1 aromatic carbocycles. The van der Waals surface area contributed by atoms with Crippen molar-refractivity contribution in [1.82, 2.24) is 9.13 Å². The van der Waals surface area contributed by atoms with E-state index in [-0.39, 0.29) is 17.2 Å². The Bertz CT molecular complexity index is 872. The Kier molecular flexibility index (Phi) is 8.78. The number of alkyl halides is 1. The van der Waals surface area contributed by atoms with Gasteiger partial charge in [0.2, 0.25) is 0 Å². The predicted octanol–water partition coefficient (Wildman–Crippen LogP) is 3.46. The molecule has 0 aliphatic carbocycles. The average molecular weight is 439 g/mol. The highest BCUT2D eigenvalue weighted by Crippen LogP contribution is 2.10. The van der Waals surface area contributed by atoms with E-state index in [0.29, 0.717) is 49.9 Å². The van der Waals surface area contributed by atoms with Crippen LogP contribution in [-0.4, -0.2) is 27.0 Å². The van der Waals surface area contributed by atoms with Crippen molar-refractivity contribution in [2.75, 3.05) is 11.9 Å². The van der Waals surface area contributed by atoms with Crippen LogP contribution in [0.4, 0.5) is 0 Å². The fraction of sp³-hybridized carbons (Fsp3) is 0.550. The van der Waals surface area contributed by atoms with Crippen molar-refractivity contribution >= 4 is 32.8 Å². The SMILES string of the molecule is CCOC(=O)CCCCCn1c(=O)c2ccccc2n(CCCCBr)c1=O. The monoisotopic (exact) mass is 438 g/mol. The lowest BCUT2D eigenvalue weighted by molar-refractivity contribution is -0.143. The van der Waals surface area contributed by atoms with E-state index in [4.69, 9.17) is 4.74 Å². The number of hydrogen-bond donors (Lipinski definition) is 0. The third kappa shape index (κ3) is 5.79. The molecule has 1 heterocycles. The number of esters is 1. The number of unbranched alkanes of at least 4 members (excludes halogenated alkanes) is 3. The maximum absolute atomic E-state index is 12.9. The van der Waals surface area contributed by atoms with Gasteiger partial charge in [-0.3, -0.25) is 18.7 Å². The molecule has 7 heteroatoms. The lowest BCUT2D eigenvalue weighted by atomic mass is 10.2. The van der Waals surface area contributed by atoms with Gasteiger partial charge in [-0.1, -0.05) is 34.5 Å². The van der Waals surface area contributed by atoms with E-state index in [0.717, 1.165) is 24.6 Å². The van der Waals surface area contributed by atoms with Gasteiger partial charge in [-0.25, -0.2) is 4.79 Å². The summed E-state index contributed by atoms with van der Waals surface area (Å²) >= 11 is 3.41. The zero-order valence-corrected chi connectivity index (χ0v) is 17.4. The Morgan fingerprint density at radius 3 is 2.44 bits per heavy atom. The number of carbonyl (C=O) groups is 1. The largest absolute Gasteiger partial charge is 0.466 e. The van der Waals surface area contributed by atoms with Gasteiger partial charge in [0.05, 0.1) is 17.5 Å². The molecule has 2 aromatic rings. The highest BCUT2D eigenvalue weighted by atomic mass is 79.9. The Labute approximate surface area is 167 Å². The van der Waals surface area contributed by atoms with E-state index in [1.54, 1.807) is 17.6 Å². The van der Waals surface area contributed by atoms with Crippen LogP contribution < -0.4 is 11.2 Å². The molecule has 2 rings (SSSR count). The minimum absolute atomic E-state index is 0.200. The lowest BCUT2D eigenvalue weighted by Crippen LogP contribution is -2.40. The van der Waals surface area contributed by atoms with Crippen molar-refractivity contribution in [3.63, 3.8) is 0 Å². The predicted molar refractivity (Wildman–Crippen MR) is 111 cm³/mol. The van der Waals surface area contributed by atoms with Gasteiger partial charge in [0.25, 0.3) is 5.56 Å². The summed E-state index contributed by atoms with van der Waals surface area (Å²) in [6, 6.07) is 7.27. The molecule has 1 aromatic heterocycles. The van der Waals surface area contributed by atoms with Crippen LogP contribution in [0.3, 0.4) is 0 Å². The van der Waals surface area contributed by atoms with Crippen LogP contribution in [0.15, 0.2) is 33.9 Å². The molecule has 0 aliphatic heterocycles. The van der Waals surface area contributed by atoms with Gasteiger partial charge < -0.3 is 4.74 Å². The molecule has 0 radical (unpaired) electrons. The van der Waals surface area contributed by atoms with E-state index in [2.05, 4.69) is 15.9 Å². The molecule has 148 valence electrons. The standard InChI is InChI=1S/C20H27BrN2O4/c1-2-27-18(24)12-4-3-8-15-23-19(25)16-10-5-6-11-17(16)22(20(23)26)14-9-7-13-21/h5-6,10-11H,2-4,7-9,12-15H2,1H3. The molecule has 0 spiro atoms. The molecule has 0 bridgehead atoms. The zero-order valence-electron chi connectivity index (χ0n) is 15.8. The number of benzene rings is 1. The number of halogens is 1. The number of rotatable bonds is 11. The van der Waals surface area contributed by atoms with Crippen LogP contribution in [-0.2, 0) is 22.6 Å². The second-order valence-corrected chi connectivity index (χ2v) is 7.21. The summed E-state index contributed by atoms with van der Waals surface area (Å²) in [4.78, 5) is 37.0. The highest BCUT2D eigenvalue weighted by Gasteiger charge is 2.12. The summed E-state index contributed by atoms with van der Waals surface area (Å²) < 4.78 is 7.95. The fourth-order valence-electron chi connectivity index (χ4n) is 3.10. The molecule has 27 heavy (non-hydrogen) atoms. The molecular formula is C20H27BrN2O4. The number of para-hydroxylation sites is 1. The van der Waals surface area contributed by atoms with Crippen molar-refractivity contribution in [3.05, 3.63) is 45.1 Å². The van der Waals surface area contributed by atoms with E-state index >= 15 is 0 Å². The van der Waals surface area contributed by atoms with Crippen LogP contribution in [0, 0.1) is 0 Å². The summed E-state index contributed by atoms with van der Waals surface area (Å²) in [7, 11) is 0. The van der Waals surface area contributed by atoms with Crippen molar-refractivity contribution in [3.8, 4) is 0 Å². The Morgan fingerprint density at radius 1 is 1.00 bits per heavy atom. The van der Waals surface area contributed by atoms with E-state index in [9.17, 15) is 14.4 Å². The molecule has 0 amide bonds. The molecule has 0 unspecified atom stereocenters. The minimum Gasteiger partial charge on any atom is -0.466 e. The van der Waals surface area contributed by atoms with Gasteiger partial charge in [-0.15, -0.1) is 0 Å². The van der Waals surface area contributed by atoms with Crippen molar-refractivity contribution in [2.24, 2.45) is 0 Å². The van der Waals surface area contributed by atoms with Crippen LogP contribution in [0.2, 0.25) is 0 Å². The number of aryl methyl sites for hydroxylation is 1. The molecule has 0 fully saturated rings. The van der Waals surface area contributed by atoms with Crippen molar-refractivity contribution in [2.45, 2.75) is 58.5 Å². The van der Waals surface area contributed by atoms with Crippen LogP contribution in [0.25, 0.3) is 10.9 Å². The van der Waals surface area contributed by atoms with Crippen LogP contribution in [0.5, 0.6) is 0 Å².